The first kappa shape index (κ1) is 15.2. The summed E-state index contributed by atoms with van der Waals surface area (Å²) in [6.07, 6.45) is 2.09. The molecule has 0 aliphatic carbocycles. The summed E-state index contributed by atoms with van der Waals surface area (Å²) in [5, 5.41) is 12.9. The number of nitriles is 1. The fourth-order valence-corrected chi connectivity index (χ4v) is 3.74. The van der Waals surface area contributed by atoms with Crippen molar-refractivity contribution >= 4 is 5.82 Å². The number of hydrogen-bond acceptors (Lipinski definition) is 6. The maximum atomic E-state index is 9.48. The number of nitrogen functional groups attached to an aromatic ring is 1. The Morgan fingerprint density at radius 3 is 2.45 bits per heavy atom. The molecule has 118 valence electrons. The molecule has 1 aromatic rings. The van der Waals surface area contributed by atoms with E-state index >= 15 is 0 Å². The number of hydrogen-bond donors (Lipinski definition) is 4. The van der Waals surface area contributed by atoms with Crippen LogP contribution in [0.4, 0.5) is 5.82 Å². The van der Waals surface area contributed by atoms with E-state index in [1.807, 2.05) is 0 Å². The third-order valence-corrected chi connectivity index (χ3v) is 4.95. The molecule has 2 aliphatic rings. The lowest BCUT2D eigenvalue weighted by atomic mass is 9.84. The lowest BCUT2D eigenvalue weighted by Gasteiger charge is -2.26. The van der Waals surface area contributed by atoms with E-state index in [1.165, 1.54) is 0 Å². The molecule has 0 spiro atoms. The topological polar surface area (TPSA) is 98.8 Å². The Balaban J connectivity index is 2.02. The van der Waals surface area contributed by atoms with Crippen LogP contribution >= 0.6 is 0 Å². The molecule has 0 amide bonds. The summed E-state index contributed by atoms with van der Waals surface area (Å²) in [5.74, 6) is 1.03. The van der Waals surface area contributed by atoms with E-state index in [-0.39, 0.29) is 18.0 Å². The van der Waals surface area contributed by atoms with E-state index in [9.17, 15) is 5.26 Å². The van der Waals surface area contributed by atoms with E-state index in [4.69, 9.17) is 5.73 Å². The van der Waals surface area contributed by atoms with Crippen molar-refractivity contribution in [2.24, 2.45) is 0 Å². The highest BCUT2D eigenvalue weighted by Gasteiger charge is 2.33. The standard InChI is InChI=1S/C16H24N6/c1-9-15(10(2)22-21-9)14-7-12(11-3-5-19-6-4-11)13(8-17)16(18)20-14/h7,9-11,15,19,21-22H,3-6H2,1-2H3,(H2,18,20). The van der Waals surface area contributed by atoms with E-state index in [1.54, 1.807) is 0 Å². The Kier molecular flexibility index (Phi) is 4.30. The Labute approximate surface area is 131 Å². The van der Waals surface area contributed by atoms with Crippen LogP contribution in [-0.4, -0.2) is 30.2 Å². The van der Waals surface area contributed by atoms with Crippen molar-refractivity contribution in [3.8, 4) is 6.07 Å². The number of piperidine rings is 1. The molecule has 2 unspecified atom stereocenters. The van der Waals surface area contributed by atoms with Crippen molar-refractivity contribution in [2.75, 3.05) is 18.8 Å². The number of aromatic nitrogens is 1. The van der Waals surface area contributed by atoms with Crippen LogP contribution in [0.3, 0.4) is 0 Å². The molecule has 2 saturated heterocycles. The second kappa shape index (κ2) is 6.21. The molecule has 0 saturated carbocycles. The largest absolute Gasteiger partial charge is 0.383 e. The molecule has 6 nitrogen and oxygen atoms in total. The number of pyridine rings is 1. The van der Waals surface area contributed by atoms with Gasteiger partial charge >= 0.3 is 0 Å². The smallest absolute Gasteiger partial charge is 0.141 e. The third-order valence-electron chi connectivity index (χ3n) is 4.95. The van der Waals surface area contributed by atoms with Crippen LogP contribution in [0.25, 0.3) is 0 Å². The number of nitrogens with zero attached hydrogens (tertiary/aromatic N) is 2. The van der Waals surface area contributed by atoms with Crippen LogP contribution < -0.4 is 21.9 Å². The first-order valence-electron chi connectivity index (χ1n) is 8.04. The predicted octanol–water partition coefficient (Wildman–Crippen LogP) is 0.971. The van der Waals surface area contributed by atoms with Crippen molar-refractivity contribution in [1.82, 2.24) is 21.2 Å². The first-order chi connectivity index (χ1) is 10.6. The highest BCUT2D eigenvalue weighted by molar-refractivity contribution is 5.55. The van der Waals surface area contributed by atoms with E-state index < -0.39 is 0 Å². The Morgan fingerprint density at radius 2 is 1.86 bits per heavy atom. The van der Waals surface area contributed by atoms with Gasteiger partial charge in [0.15, 0.2) is 0 Å². The van der Waals surface area contributed by atoms with Gasteiger partial charge in [-0.25, -0.2) is 4.98 Å². The lowest BCUT2D eigenvalue weighted by Crippen LogP contribution is -2.30. The van der Waals surface area contributed by atoms with Gasteiger partial charge in [0.25, 0.3) is 0 Å². The fraction of sp³-hybridized carbons (Fsp3) is 0.625. The SMILES string of the molecule is CC1NNC(C)C1c1cc(C2CCNCC2)c(C#N)c(N)n1. The van der Waals surface area contributed by atoms with Crippen molar-refractivity contribution in [1.29, 1.82) is 5.26 Å². The Bertz CT molecular complexity index is 577. The molecule has 3 rings (SSSR count). The van der Waals surface area contributed by atoms with Crippen molar-refractivity contribution in [3.05, 3.63) is 22.9 Å². The monoisotopic (exact) mass is 300 g/mol. The van der Waals surface area contributed by atoms with Gasteiger partial charge in [-0.3, -0.25) is 10.9 Å². The van der Waals surface area contributed by atoms with Crippen molar-refractivity contribution < 1.29 is 0 Å². The highest BCUT2D eigenvalue weighted by Crippen LogP contribution is 2.34. The van der Waals surface area contributed by atoms with Crippen molar-refractivity contribution in [2.45, 2.75) is 50.6 Å². The van der Waals surface area contributed by atoms with Gasteiger partial charge < -0.3 is 11.1 Å². The molecular weight excluding hydrogens is 276 g/mol. The lowest BCUT2D eigenvalue weighted by molar-refractivity contribution is 0.458. The highest BCUT2D eigenvalue weighted by atomic mass is 15.4. The summed E-state index contributed by atoms with van der Waals surface area (Å²) in [6.45, 7) is 6.27. The maximum Gasteiger partial charge on any atom is 0.141 e. The average Bonchev–Trinajstić information content (AvgIpc) is 2.86. The second-order valence-electron chi connectivity index (χ2n) is 6.42. The quantitative estimate of drug-likeness (QED) is 0.649. The van der Waals surface area contributed by atoms with Crippen LogP contribution in [0.1, 0.15) is 55.3 Å². The molecule has 22 heavy (non-hydrogen) atoms. The normalized spacial score (nSPS) is 29.4. The summed E-state index contributed by atoms with van der Waals surface area (Å²) in [5.41, 5.74) is 15.3. The van der Waals surface area contributed by atoms with Gasteiger partial charge in [0.1, 0.15) is 11.9 Å². The van der Waals surface area contributed by atoms with Gasteiger partial charge in [-0.05, 0) is 57.3 Å². The fourth-order valence-electron chi connectivity index (χ4n) is 3.74. The zero-order chi connectivity index (χ0) is 15.7. The summed E-state index contributed by atoms with van der Waals surface area (Å²) < 4.78 is 0. The molecule has 5 N–H and O–H groups in total. The molecule has 0 radical (unpaired) electrons. The molecule has 1 aromatic heterocycles. The number of hydrazine groups is 1. The van der Waals surface area contributed by atoms with E-state index in [0.717, 1.165) is 37.2 Å². The zero-order valence-corrected chi connectivity index (χ0v) is 13.2. The molecule has 2 fully saturated rings. The van der Waals surface area contributed by atoms with Gasteiger partial charge in [0.2, 0.25) is 0 Å². The van der Waals surface area contributed by atoms with Crippen LogP contribution in [0.5, 0.6) is 0 Å². The van der Waals surface area contributed by atoms with Crippen LogP contribution in [0, 0.1) is 11.3 Å². The average molecular weight is 300 g/mol. The van der Waals surface area contributed by atoms with E-state index in [2.05, 4.69) is 47.1 Å². The molecule has 0 aromatic carbocycles. The minimum Gasteiger partial charge on any atom is -0.383 e. The van der Waals surface area contributed by atoms with Crippen LogP contribution in [0.2, 0.25) is 0 Å². The molecular formula is C16H24N6. The van der Waals surface area contributed by atoms with Gasteiger partial charge in [-0.15, -0.1) is 0 Å². The minimum absolute atomic E-state index is 0.260. The minimum atomic E-state index is 0.260. The number of rotatable bonds is 2. The van der Waals surface area contributed by atoms with Crippen LogP contribution in [0.15, 0.2) is 6.07 Å². The number of anilines is 1. The van der Waals surface area contributed by atoms with Crippen molar-refractivity contribution in [3.63, 3.8) is 0 Å². The van der Waals surface area contributed by atoms with Gasteiger partial charge in [-0.1, -0.05) is 0 Å². The maximum absolute atomic E-state index is 9.48. The number of nitrogens with two attached hydrogens (primary N) is 1. The molecule has 2 aliphatic heterocycles. The summed E-state index contributed by atoms with van der Waals surface area (Å²) >= 11 is 0. The molecule has 2 atom stereocenters. The van der Waals surface area contributed by atoms with Crippen LogP contribution in [-0.2, 0) is 0 Å². The summed E-state index contributed by atoms with van der Waals surface area (Å²) in [4.78, 5) is 4.54. The van der Waals surface area contributed by atoms with E-state index in [0.29, 0.717) is 17.3 Å². The van der Waals surface area contributed by atoms with Gasteiger partial charge in [-0.2, -0.15) is 5.26 Å². The number of nitrogens with one attached hydrogen (secondary N) is 3. The van der Waals surface area contributed by atoms with Gasteiger partial charge in [0.05, 0.1) is 5.56 Å². The summed E-state index contributed by atoms with van der Waals surface area (Å²) in [7, 11) is 0. The Morgan fingerprint density at radius 1 is 1.23 bits per heavy atom. The predicted molar refractivity (Wildman–Crippen MR) is 86.1 cm³/mol. The zero-order valence-electron chi connectivity index (χ0n) is 13.2. The third kappa shape index (κ3) is 2.68. The molecule has 6 heteroatoms. The molecule has 3 heterocycles. The first-order valence-corrected chi connectivity index (χ1v) is 8.04. The molecule has 0 bridgehead atoms. The van der Waals surface area contributed by atoms with Gasteiger partial charge in [0, 0.05) is 23.7 Å². The Hall–Kier alpha value is -1.68. The summed E-state index contributed by atoms with van der Waals surface area (Å²) in [6, 6.07) is 4.96. The second-order valence-corrected chi connectivity index (χ2v) is 6.42.